The third-order valence-electron chi connectivity index (χ3n) is 8.70. The van der Waals surface area contributed by atoms with Crippen LogP contribution in [0.2, 0.25) is 0 Å². The van der Waals surface area contributed by atoms with Crippen LogP contribution in [0.3, 0.4) is 0 Å². The molecule has 0 spiro atoms. The fourth-order valence-electron chi connectivity index (χ4n) is 5.99. The van der Waals surface area contributed by atoms with E-state index in [9.17, 15) is 37.5 Å². The lowest BCUT2D eigenvalue weighted by Crippen LogP contribution is -2.59. The lowest BCUT2D eigenvalue weighted by Gasteiger charge is -2.33. The smallest absolute Gasteiger partial charge is 0.294 e. The van der Waals surface area contributed by atoms with Gasteiger partial charge in [0.05, 0.1) is 11.9 Å². The molecule has 0 bridgehead atoms. The van der Waals surface area contributed by atoms with Crippen molar-refractivity contribution in [2.45, 2.75) is 97.8 Å². The maximum atomic E-state index is 14.1. The highest BCUT2D eigenvalue weighted by Gasteiger charge is 2.51. The van der Waals surface area contributed by atoms with E-state index in [4.69, 9.17) is 0 Å². The monoisotopic (exact) mass is 661 g/mol. The Morgan fingerprint density at radius 2 is 1.64 bits per heavy atom. The molecule has 1 saturated heterocycles. The van der Waals surface area contributed by atoms with E-state index in [1.165, 1.54) is 23.5 Å². The van der Waals surface area contributed by atoms with E-state index in [2.05, 4.69) is 31.2 Å². The number of rotatable bonds is 14. The molecular formula is C32H45F2N7O6. The van der Waals surface area contributed by atoms with Gasteiger partial charge in [0.25, 0.3) is 24.0 Å². The Morgan fingerprint density at radius 3 is 2.21 bits per heavy atom. The molecule has 1 aliphatic carbocycles. The van der Waals surface area contributed by atoms with Crippen molar-refractivity contribution >= 4 is 35.3 Å². The summed E-state index contributed by atoms with van der Waals surface area (Å²) in [7, 11) is 0. The molecule has 2 aliphatic rings. The number of nitrogens with zero attached hydrogens (tertiary/aromatic N) is 3. The number of fused-ring (bicyclic) bond motifs is 1. The van der Waals surface area contributed by atoms with Gasteiger partial charge in [-0.15, -0.1) is 0 Å². The van der Waals surface area contributed by atoms with E-state index >= 15 is 0 Å². The van der Waals surface area contributed by atoms with Crippen LogP contribution in [-0.4, -0.2) is 87.3 Å². The summed E-state index contributed by atoms with van der Waals surface area (Å²) in [6, 6.07) is -3.68. The number of halogens is 2. The van der Waals surface area contributed by atoms with Crippen LogP contribution in [0.25, 0.3) is 0 Å². The number of aromatic nitrogens is 2. The molecular weight excluding hydrogens is 616 g/mol. The maximum Gasteiger partial charge on any atom is 0.294 e. The van der Waals surface area contributed by atoms with Crippen molar-refractivity contribution in [2.24, 2.45) is 23.7 Å². The number of alkyl halides is 2. The lowest BCUT2D eigenvalue weighted by molar-refractivity contribution is -0.143. The van der Waals surface area contributed by atoms with Crippen LogP contribution < -0.4 is 21.3 Å². The second-order valence-corrected chi connectivity index (χ2v) is 12.8. The first-order valence-corrected chi connectivity index (χ1v) is 16.0. The molecule has 15 heteroatoms. The zero-order chi connectivity index (χ0) is 35.0. The van der Waals surface area contributed by atoms with Crippen LogP contribution in [0.15, 0.2) is 30.4 Å². The summed E-state index contributed by atoms with van der Waals surface area (Å²) in [5.74, 6) is -6.33. The van der Waals surface area contributed by atoms with Gasteiger partial charge in [-0.05, 0) is 49.9 Å². The standard InChI is InChI=1S/C32H45F2N7O6/c1-7-18(6)37-31(46)27(42)21(13-23(33)34)38-30(45)26-20-10-8-9-19(20)15-41(26)32(47)25(17(4)5)40-29(44)24(16(2)3)39-28(43)22-14-35-11-12-36-22/h11-14,16-20,23-26H,7-10,15H2,1-6H3,(H,37,46)(H,38,45)(H,39,43)(H,40,44)/b21-13+/t18?,19?,20?,24-,25-,26-/m0/s1. The molecule has 1 saturated carbocycles. The van der Waals surface area contributed by atoms with Gasteiger partial charge in [-0.1, -0.05) is 41.0 Å². The summed E-state index contributed by atoms with van der Waals surface area (Å²) in [6.07, 6.45) is 3.67. The van der Waals surface area contributed by atoms with Crippen molar-refractivity contribution in [3.63, 3.8) is 0 Å². The Hall–Kier alpha value is -4.30. The van der Waals surface area contributed by atoms with Crippen LogP contribution in [0, 0.1) is 23.7 Å². The summed E-state index contributed by atoms with van der Waals surface area (Å²) in [6.45, 7) is 10.5. The molecule has 6 atom stereocenters. The quantitative estimate of drug-likeness (QED) is 0.172. The van der Waals surface area contributed by atoms with E-state index in [1.54, 1.807) is 41.5 Å². The summed E-state index contributed by atoms with van der Waals surface area (Å²) in [5, 5.41) is 10.0. The van der Waals surface area contributed by atoms with Gasteiger partial charge in [0, 0.05) is 31.1 Å². The Kier molecular flexibility index (Phi) is 13.0. The fraction of sp³-hybridized carbons (Fsp3) is 0.625. The van der Waals surface area contributed by atoms with E-state index in [-0.39, 0.29) is 36.1 Å². The first-order chi connectivity index (χ1) is 22.2. The zero-order valence-corrected chi connectivity index (χ0v) is 27.6. The Morgan fingerprint density at radius 1 is 0.957 bits per heavy atom. The number of hydrogen-bond acceptors (Lipinski definition) is 8. The topological polar surface area (TPSA) is 180 Å². The van der Waals surface area contributed by atoms with Gasteiger partial charge in [-0.25, -0.2) is 13.8 Å². The number of amides is 5. The summed E-state index contributed by atoms with van der Waals surface area (Å²) in [5.41, 5.74) is -0.858. The van der Waals surface area contributed by atoms with Crippen LogP contribution in [0.1, 0.15) is 77.7 Å². The molecule has 1 aromatic heterocycles. The number of ketones is 1. The highest BCUT2D eigenvalue weighted by molar-refractivity contribution is 6.43. The summed E-state index contributed by atoms with van der Waals surface area (Å²) < 4.78 is 26.9. The molecule has 2 fully saturated rings. The number of likely N-dealkylation sites (tertiary alicyclic amines) is 1. The van der Waals surface area contributed by atoms with Gasteiger partial charge >= 0.3 is 0 Å². The molecule has 13 nitrogen and oxygen atoms in total. The minimum Gasteiger partial charge on any atom is -0.347 e. The Balaban J connectivity index is 1.84. The van der Waals surface area contributed by atoms with Crippen molar-refractivity contribution in [1.29, 1.82) is 0 Å². The molecule has 4 N–H and O–H groups in total. The molecule has 5 amide bonds. The Labute approximate surface area is 273 Å². The number of hydrogen-bond donors (Lipinski definition) is 4. The fourth-order valence-corrected chi connectivity index (χ4v) is 5.99. The van der Waals surface area contributed by atoms with Crippen molar-refractivity contribution in [1.82, 2.24) is 36.1 Å². The van der Waals surface area contributed by atoms with E-state index in [0.29, 0.717) is 12.8 Å². The molecule has 1 aliphatic heterocycles. The van der Waals surface area contributed by atoms with Crippen LogP contribution in [0.5, 0.6) is 0 Å². The molecule has 3 rings (SSSR count). The van der Waals surface area contributed by atoms with Gasteiger partial charge in [0.1, 0.15) is 23.8 Å². The molecule has 0 radical (unpaired) electrons. The molecule has 3 unspecified atom stereocenters. The minimum absolute atomic E-state index is 0.0102. The highest BCUT2D eigenvalue weighted by atomic mass is 19.3. The normalized spacial score (nSPS) is 21.2. The minimum atomic E-state index is -3.14. The molecule has 0 aromatic carbocycles. The summed E-state index contributed by atoms with van der Waals surface area (Å²) >= 11 is 0. The maximum absolute atomic E-state index is 14.1. The number of carbonyl (C=O) groups is 6. The average Bonchev–Trinajstić information content (AvgIpc) is 3.62. The van der Waals surface area contributed by atoms with Crippen LogP contribution in [-0.2, 0) is 24.0 Å². The van der Waals surface area contributed by atoms with Gasteiger partial charge < -0.3 is 26.2 Å². The number of carbonyl (C=O) groups excluding carboxylic acids is 6. The zero-order valence-electron chi connectivity index (χ0n) is 27.6. The SMILES string of the molecule is CCC(C)NC(=O)C(=O)/C(=C\C(F)F)NC(=O)[C@@H]1C2CCCC2CN1C(=O)[C@@H](NC(=O)[C@@H](NC(=O)c1cnccn1)C(C)C)C(C)C. The van der Waals surface area contributed by atoms with Crippen molar-refractivity contribution in [3.05, 3.63) is 36.1 Å². The summed E-state index contributed by atoms with van der Waals surface area (Å²) in [4.78, 5) is 88.6. The molecule has 258 valence electrons. The number of Topliss-reactive ketones (excluding diaryl/α,β-unsaturated/α-hetero) is 1. The predicted octanol–water partition coefficient (Wildman–Crippen LogP) is 1.75. The molecule has 1 aromatic rings. The van der Waals surface area contributed by atoms with Gasteiger partial charge in [-0.3, -0.25) is 33.8 Å². The Bertz CT molecular complexity index is 1360. The van der Waals surface area contributed by atoms with Gasteiger partial charge in [-0.2, -0.15) is 0 Å². The first-order valence-electron chi connectivity index (χ1n) is 16.0. The number of nitrogens with one attached hydrogen (secondary N) is 4. The van der Waals surface area contributed by atoms with Crippen molar-refractivity contribution < 1.29 is 37.5 Å². The van der Waals surface area contributed by atoms with Gasteiger partial charge in [0.15, 0.2) is 0 Å². The molecule has 2 heterocycles. The van der Waals surface area contributed by atoms with E-state index in [0.717, 1.165) is 12.8 Å². The average molecular weight is 662 g/mol. The highest BCUT2D eigenvalue weighted by Crippen LogP contribution is 2.42. The third-order valence-corrected chi connectivity index (χ3v) is 8.70. The third kappa shape index (κ3) is 9.38. The second-order valence-electron chi connectivity index (χ2n) is 12.8. The van der Waals surface area contributed by atoms with Crippen molar-refractivity contribution in [3.8, 4) is 0 Å². The number of allylic oxidation sites excluding steroid dienone is 1. The predicted molar refractivity (Wildman–Crippen MR) is 166 cm³/mol. The largest absolute Gasteiger partial charge is 0.347 e. The first kappa shape index (κ1) is 37.2. The lowest BCUT2D eigenvalue weighted by atomic mass is 9.93. The van der Waals surface area contributed by atoms with Crippen LogP contribution >= 0.6 is 0 Å². The van der Waals surface area contributed by atoms with E-state index in [1.807, 2.05) is 0 Å². The van der Waals surface area contributed by atoms with Crippen LogP contribution in [0.4, 0.5) is 8.78 Å². The second kappa shape index (κ2) is 16.5. The van der Waals surface area contributed by atoms with Gasteiger partial charge in [0.2, 0.25) is 17.7 Å². The van der Waals surface area contributed by atoms with Crippen molar-refractivity contribution in [2.75, 3.05) is 6.54 Å². The molecule has 47 heavy (non-hydrogen) atoms. The van der Waals surface area contributed by atoms with E-state index < -0.39 is 77.5 Å².